The standard InChI is InChI=1S/C21H33N3O2/c1-4-23-11-13-24(14-12-23)19(18-7-5-6-8-20(18)26-3)15-22-21(25)16(2)17-9-10-17/h5-8,16-17,19H,4,9-15H2,1-3H3,(H,22,25). The normalized spacial score (nSPS) is 21.2. The van der Waals surface area contributed by atoms with Crippen LogP contribution in [0.25, 0.3) is 0 Å². The van der Waals surface area contributed by atoms with E-state index in [2.05, 4.69) is 41.1 Å². The highest BCUT2D eigenvalue weighted by molar-refractivity contribution is 5.79. The Bertz CT molecular complexity index is 595. The lowest BCUT2D eigenvalue weighted by atomic mass is 10.0. The van der Waals surface area contributed by atoms with E-state index in [1.165, 1.54) is 18.4 Å². The van der Waals surface area contributed by atoms with Crippen molar-refractivity contribution in [1.82, 2.24) is 15.1 Å². The zero-order chi connectivity index (χ0) is 18.5. The number of benzene rings is 1. The van der Waals surface area contributed by atoms with Crippen molar-refractivity contribution in [2.75, 3.05) is 46.4 Å². The van der Waals surface area contributed by atoms with Crippen molar-refractivity contribution in [1.29, 1.82) is 0 Å². The van der Waals surface area contributed by atoms with Gasteiger partial charge >= 0.3 is 0 Å². The summed E-state index contributed by atoms with van der Waals surface area (Å²) in [5.41, 5.74) is 1.17. The van der Waals surface area contributed by atoms with E-state index in [0.717, 1.165) is 38.5 Å². The molecule has 0 bridgehead atoms. The number of hydrogen-bond donors (Lipinski definition) is 1. The molecule has 5 nitrogen and oxygen atoms in total. The van der Waals surface area contributed by atoms with Gasteiger partial charge in [-0.25, -0.2) is 0 Å². The number of ether oxygens (including phenoxy) is 1. The number of carbonyl (C=O) groups excluding carboxylic acids is 1. The number of nitrogens with one attached hydrogen (secondary N) is 1. The third-order valence-corrected chi connectivity index (χ3v) is 6.01. The van der Waals surface area contributed by atoms with Gasteiger partial charge in [0.2, 0.25) is 5.91 Å². The third-order valence-electron chi connectivity index (χ3n) is 6.01. The zero-order valence-corrected chi connectivity index (χ0v) is 16.4. The molecule has 2 unspecified atom stereocenters. The van der Waals surface area contributed by atoms with Crippen molar-refractivity contribution in [3.8, 4) is 5.75 Å². The highest BCUT2D eigenvalue weighted by atomic mass is 16.5. The Morgan fingerprint density at radius 3 is 2.54 bits per heavy atom. The van der Waals surface area contributed by atoms with Crippen molar-refractivity contribution in [3.63, 3.8) is 0 Å². The Morgan fingerprint density at radius 1 is 1.23 bits per heavy atom. The Morgan fingerprint density at radius 2 is 1.92 bits per heavy atom. The summed E-state index contributed by atoms with van der Waals surface area (Å²) in [6.07, 6.45) is 2.40. The molecule has 1 aliphatic carbocycles. The van der Waals surface area contributed by atoms with Crippen molar-refractivity contribution in [3.05, 3.63) is 29.8 Å². The first kappa shape index (κ1) is 19.2. The molecule has 1 aliphatic heterocycles. The van der Waals surface area contributed by atoms with Crippen LogP contribution < -0.4 is 10.1 Å². The average molecular weight is 360 g/mol. The van der Waals surface area contributed by atoms with Crippen molar-refractivity contribution >= 4 is 5.91 Å². The first-order valence-electron chi connectivity index (χ1n) is 10.0. The van der Waals surface area contributed by atoms with Gasteiger partial charge < -0.3 is 15.0 Å². The largest absolute Gasteiger partial charge is 0.496 e. The van der Waals surface area contributed by atoms with Crippen LogP contribution in [0.2, 0.25) is 0 Å². The second-order valence-electron chi connectivity index (χ2n) is 7.60. The van der Waals surface area contributed by atoms with Crippen molar-refractivity contribution in [2.45, 2.75) is 32.7 Å². The maximum Gasteiger partial charge on any atom is 0.223 e. The quantitative estimate of drug-likeness (QED) is 0.775. The minimum atomic E-state index is 0.130. The third kappa shape index (κ3) is 4.57. The summed E-state index contributed by atoms with van der Waals surface area (Å²) in [6, 6.07) is 8.36. The van der Waals surface area contributed by atoms with Crippen LogP contribution in [0.4, 0.5) is 0 Å². The van der Waals surface area contributed by atoms with Gasteiger partial charge in [-0.05, 0) is 31.4 Å². The monoisotopic (exact) mass is 359 g/mol. The zero-order valence-electron chi connectivity index (χ0n) is 16.4. The molecule has 0 spiro atoms. The molecule has 0 radical (unpaired) electrons. The van der Waals surface area contributed by atoms with Gasteiger partial charge in [0.1, 0.15) is 5.75 Å². The minimum Gasteiger partial charge on any atom is -0.496 e. The summed E-state index contributed by atoms with van der Waals surface area (Å²) in [4.78, 5) is 17.5. The predicted octanol–water partition coefficient (Wildman–Crippen LogP) is 2.54. The number of likely N-dealkylation sites (N-methyl/N-ethyl adjacent to an activating group) is 1. The molecule has 1 saturated carbocycles. The molecule has 2 aliphatic rings. The molecule has 0 aromatic heterocycles. The van der Waals surface area contributed by atoms with E-state index in [1.807, 2.05) is 12.1 Å². The highest BCUT2D eigenvalue weighted by Crippen LogP contribution is 2.36. The second-order valence-corrected chi connectivity index (χ2v) is 7.60. The van der Waals surface area contributed by atoms with Crippen LogP contribution in [0.5, 0.6) is 5.75 Å². The van der Waals surface area contributed by atoms with E-state index >= 15 is 0 Å². The van der Waals surface area contributed by atoms with Crippen molar-refractivity contribution < 1.29 is 9.53 Å². The molecule has 1 saturated heterocycles. The van der Waals surface area contributed by atoms with Crippen LogP contribution in [0.15, 0.2) is 24.3 Å². The second kappa shape index (κ2) is 8.87. The van der Waals surface area contributed by atoms with E-state index in [9.17, 15) is 4.79 Å². The average Bonchev–Trinajstić information content (AvgIpc) is 3.53. The van der Waals surface area contributed by atoms with E-state index in [4.69, 9.17) is 4.74 Å². The molecule has 1 heterocycles. The fraction of sp³-hybridized carbons (Fsp3) is 0.667. The number of carbonyl (C=O) groups is 1. The molecular weight excluding hydrogens is 326 g/mol. The van der Waals surface area contributed by atoms with Gasteiger partial charge in [-0.15, -0.1) is 0 Å². The van der Waals surface area contributed by atoms with Gasteiger partial charge in [-0.2, -0.15) is 0 Å². The van der Waals surface area contributed by atoms with Gasteiger partial charge in [0, 0.05) is 44.2 Å². The molecule has 2 atom stereocenters. The molecule has 26 heavy (non-hydrogen) atoms. The summed E-state index contributed by atoms with van der Waals surface area (Å²) in [6.45, 7) is 10.2. The van der Waals surface area contributed by atoms with Crippen LogP contribution in [0, 0.1) is 11.8 Å². The van der Waals surface area contributed by atoms with Gasteiger partial charge in [0.15, 0.2) is 0 Å². The van der Waals surface area contributed by atoms with Crippen LogP contribution in [-0.4, -0.2) is 62.1 Å². The van der Waals surface area contributed by atoms with E-state index in [1.54, 1.807) is 7.11 Å². The summed E-state index contributed by atoms with van der Waals surface area (Å²) in [5, 5.41) is 3.23. The van der Waals surface area contributed by atoms with E-state index < -0.39 is 0 Å². The van der Waals surface area contributed by atoms with Gasteiger partial charge in [-0.3, -0.25) is 9.69 Å². The van der Waals surface area contributed by atoms with Crippen LogP contribution in [0.1, 0.15) is 38.3 Å². The molecule has 5 heteroatoms. The van der Waals surface area contributed by atoms with Crippen molar-refractivity contribution in [2.24, 2.45) is 11.8 Å². The molecular formula is C21H33N3O2. The number of rotatable bonds is 8. The van der Waals surface area contributed by atoms with E-state index in [-0.39, 0.29) is 17.9 Å². The van der Waals surface area contributed by atoms with Crippen LogP contribution in [-0.2, 0) is 4.79 Å². The number of para-hydroxylation sites is 1. The predicted molar refractivity (Wildman–Crippen MR) is 104 cm³/mol. The summed E-state index contributed by atoms with van der Waals surface area (Å²) in [7, 11) is 1.72. The molecule has 144 valence electrons. The first-order valence-corrected chi connectivity index (χ1v) is 10.0. The minimum absolute atomic E-state index is 0.130. The Labute approximate surface area is 157 Å². The molecule has 1 aromatic carbocycles. The Kier molecular flexibility index (Phi) is 6.54. The Balaban J connectivity index is 1.71. The number of piperazine rings is 1. The maximum absolute atomic E-state index is 12.5. The first-order chi connectivity index (χ1) is 12.6. The lowest BCUT2D eigenvalue weighted by Gasteiger charge is -2.39. The molecule has 1 aromatic rings. The number of hydrogen-bond acceptors (Lipinski definition) is 4. The smallest absolute Gasteiger partial charge is 0.223 e. The molecule has 1 N–H and O–H groups in total. The Hall–Kier alpha value is -1.59. The topological polar surface area (TPSA) is 44.8 Å². The SMILES string of the molecule is CCN1CCN(C(CNC(=O)C(C)C2CC2)c2ccccc2OC)CC1. The van der Waals surface area contributed by atoms with Gasteiger partial charge in [0.05, 0.1) is 13.2 Å². The van der Waals surface area contributed by atoms with Gasteiger partial charge in [-0.1, -0.05) is 32.0 Å². The maximum atomic E-state index is 12.5. The number of nitrogens with zero attached hydrogens (tertiary/aromatic N) is 2. The van der Waals surface area contributed by atoms with E-state index in [0.29, 0.717) is 12.5 Å². The van der Waals surface area contributed by atoms with Gasteiger partial charge in [0.25, 0.3) is 0 Å². The lowest BCUT2D eigenvalue weighted by molar-refractivity contribution is -0.125. The fourth-order valence-corrected chi connectivity index (χ4v) is 3.94. The highest BCUT2D eigenvalue weighted by Gasteiger charge is 2.33. The molecule has 2 fully saturated rings. The summed E-state index contributed by atoms with van der Waals surface area (Å²) >= 11 is 0. The number of methoxy groups -OCH3 is 1. The fourth-order valence-electron chi connectivity index (χ4n) is 3.94. The summed E-state index contributed by atoms with van der Waals surface area (Å²) < 4.78 is 5.61. The lowest BCUT2D eigenvalue weighted by Crippen LogP contribution is -2.50. The van der Waals surface area contributed by atoms with Crippen LogP contribution >= 0.6 is 0 Å². The van der Waals surface area contributed by atoms with Crippen LogP contribution in [0.3, 0.4) is 0 Å². The number of amides is 1. The summed E-state index contributed by atoms with van der Waals surface area (Å²) in [5.74, 6) is 1.82. The molecule has 3 rings (SSSR count). The molecule has 1 amide bonds.